The largest absolute Gasteiger partial charge is 0.467 e. The highest BCUT2D eigenvalue weighted by Gasteiger charge is 2.46. The molecule has 1 fully saturated rings. The van der Waals surface area contributed by atoms with E-state index in [-0.39, 0.29) is 31.6 Å². The number of ether oxygens (including phenoxy) is 2. The van der Waals surface area contributed by atoms with Crippen LogP contribution in [0.1, 0.15) is 126 Å². The van der Waals surface area contributed by atoms with Gasteiger partial charge in [-0.15, -0.1) is 0 Å². The van der Waals surface area contributed by atoms with Crippen LogP contribution in [-0.2, 0) is 59.0 Å². The van der Waals surface area contributed by atoms with Gasteiger partial charge in [-0.05, 0) is 95.5 Å². The molecule has 20 heteroatoms. The number of benzene rings is 1. The Morgan fingerprint density at radius 2 is 1.31 bits per heavy atom. The van der Waals surface area contributed by atoms with E-state index in [0.29, 0.717) is 18.4 Å². The average Bonchev–Trinajstić information content (AvgIpc) is 3.94. The Morgan fingerprint density at radius 1 is 0.716 bits per heavy atom. The highest BCUT2D eigenvalue weighted by atomic mass is 16.5. The zero-order valence-electron chi connectivity index (χ0n) is 51.6. The lowest BCUT2D eigenvalue weighted by atomic mass is 9.95. The first kappa shape index (κ1) is 70.7. The van der Waals surface area contributed by atoms with Gasteiger partial charge >= 0.3 is 5.97 Å². The molecule has 1 aromatic rings. The molecule has 1 heterocycles. The van der Waals surface area contributed by atoms with Gasteiger partial charge in [0.2, 0.25) is 47.3 Å². The van der Waals surface area contributed by atoms with Gasteiger partial charge in [0.25, 0.3) is 0 Å². The monoisotopic (exact) mass is 1130 g/mol. The average molecular weight is 1140 g/mol. The van der Waals surface area contributed by atoms with Crippen molar-refractivity contribution in [3.63, 3.8) is 0 Å². The van der Waals surface area contributed by atoms with Crippen LogP contribution in [0.2, 0.25) is 0 Å². The number of rotatable bonds is 32. The normalized spacial score (nSPS) is 16.8. The third-order valence-corrected chi connectivity index (χ3v) is 15.3. The minimum atomic E-state index is -1.34. The Hall–Kier alpha value is -6.41. The molecule has 81 heavy (non-hydrogen) atoms. The Kier molecular flexibility index (Phi) is 30.4. The molecule has 0 radical (unpaired) electrons. The minimum Gasteiger partial charge on any atom is -0.467 e. The number of carbonyl (C=O) groups is 9. The second-order valence-electron chi connectivity index (χ2n) is 22.5. The van der Waals surface area contributed by atoms with E-state index in [1.807, 2.05) is 36.4 Å². The second-order valence-corrected chi connectivity index (χ2v) is 22.5. The number of hydrogen-bond donors (Lipinski definition) is 3. The lowest BCUT2D eigenvalue weighted by molar-refractivity contribution is -0.158. The Balaban J connectivity index is 2.43. The number of amides is 8. The summed E-state index contributed by atoms with van der Waals surface area (Å²) in [5.74, 6) is -6.46. The number of aliphatic hydroxyl groups excluding tert-OH is 1. The highest BCUT2D eigenvalue weighted by molar-refractivity contribution is 6.00. The predicted octanol–water partition coefficient (Wildman–Crippen LogP) is 4.93. The van der Waals surface area contributed by atoms with E-state index in [1.165, 1.54) is 75.9 Å². The molecular weight excluding hydrogens is 1040 g/mol. The van der Waals surface area contributed by atoms with Crippen molar-refractivity contribution >= 4 is 53.2 Å². The van der Waals surface area contributed by atoms with Crippen LogP contribution in [0.4, 0.5) is 0 Å². The number of hydrogen-bond acceptors (Lipinski definition) is 12. The molecular formula is C61H98N8O12. The molecule has 0 bridgehead atoms. The standard InChI is InChI=1S/C61H98N8O12/c1-39(2)51(63-54(72)42(7)29-26-27-34-46(80-16)33-25-20-18-19-22-30-43(8)70)58(76)66(13)48(37-45-31-23-21-24-32-45)57(75)67(14)52(40(3)4)59(77)68(15)53(41(5)6)60(78)69-36-28-35-47(69)55(73)65(12)49(38-50(71)62-10)56(74)64(11)44(9)61(79)81-17/h18,20-21,23-24,26-27,29,31-32,39-41,43-44,46-49,51-53,70H,19,22,25,28,30,33-38H2,1-17H3,(H,62,71)(H,63,72)/b20-18+,27-26+,42-29+/t43-,44-,46-,47-,48-,49-,51+,52-,53-/m0/s1. The van der Waals surface area contributed by atoms with Crippen molar-refractivity contribution in [2.75, 3.05) is 63.1 Å². The number of methoxy groups -OCH3 is 2. The van der Waals surface area contributed by atoms with E-state index in [0.717, 1.165) is 47.5 Å². The van der Waals surface area contributed by atoms with E-state index < -0.39 is 120 Å². The van der Waals surface area contributed by atoms with Crippen molar-refractivity contribution in [3.8, 4) is 0 Å². The maximum absolute atomic E-state index is 15.1. The molecule has 0 unspecified atom stereocenters. The summed E-state index contributed by atoms with van der Waals surface area (Å²) in [6, 6.07) is 1.34. The van der Waals surface area contributed by atoms with Gasteiger partial charge in [0.15, 0.2) is 0 Å². The fourth-order valence-electron chi connectivity index (χ4n) is 10.0. The zero-order chi connectivity index (χ0) is 61.4. The van der Waals surface area contributed by atoms with Crippen molar-refractivity contribution in [2.24, 2.45) is 17.8 Å². The number of likely N-dealkylation sites (N-methyl/N-ethyl adjacent to an activating group) is 5. The lowest BCUT2D eigenvalue weighted by Crippen LogP contribution is -2.62. The quantitative estimate of drug-likeness (QED) is 0.0287. The molecule has 1 aliphatic heterocycles. The molecule has 1 saturated heterocycles. The molecule has 454 valence electrons. The van der Waals surface area contributed by atoms with E-state index in [2.05, 4.69) is 22.8 Å². The molecule has 0 aromatic heterocycles. The first-order chi connectivity index (χ1) is 38.1. The highest BCUT2D eigenvalue weighted by Crippen LogP contribution is 2.27. The van der Waals surface area contributed by atoms with Gasteiger partial charge in [-0.2, -0.15) is 0 Å². The molecule has 1 aliphatic rings. The number of nitrogens with one attached hydrogen (secondary N) is 2. The van der Waals surface area contributed by atoms with Crippen molar-refractivity contribution in [3.05, 3.63) is 71.8 Å². The van der Waals surface area contributed by atoms with Gasteiger partial charge < -0.3 is 54.6 Å². The van der Waals surface area contributed by atoms with Gasteiger partial charge in [-0.25, -0.2) is 4.79 Å². The Morgan fingerprint density at radius 3 is 1.86 bits per heavy atom. The van der Waals surface area contributed by atoms with Gasteiger partial charge in [0.05, 0.1) is 25.7 Å². The third-order valence-electron chi connectivity index (χ3n) is 15.3. The summed E-state index contributed by atoms with van der Waals surface area (Å²) in [4.78, 5) is 135. The van der Waals surface area contributed by atoms with E-state index in [1.54, 1.807) is 74.7 Å². The summed E-state index contributed by atoms with van der Waals surface area (Å²) in [6.45, 7) is 15.8. The molecule has 9 atom stereocenters. The SMILES string of the molecule is CNC(=O)C[C@@H](C(=O)N(C)[C@@H](C)C(=O)OC)N(C)C(=O)[C@@H]1CCCN1C(=O)[C@H](C(C)C)N(C)C(=O)[C@H](C(C)C)N(C)C(=O)[C@H](Cc1ccccc1)N(C)C(=O)[C@H](NC(=O)/C(C)=C/C=C/C[C@H](CC/C=C/CCC[C@H](C)O)OC)C(C)C. The predicted molar refractivity (Wildman–Crippen MR) is 313 cm³/mol. The van der Waals surface area contributed by atoms with E-state index >= 15 is 9.59 Å². The smallest absolute Gasteiger partial charge is 0.328 e. The van der Waals surface area contributed by atoms with Crippen molar-refractivity contribution in [1.82, 2.24) is 40.0 Å². The van der Waals surface area contributed by atoms with Crippen LogP contribution in [0.5, 0.6) is 0 Å². The van der Waals surface area contributed by atoms with Gasteiger partial charge in [0.1, 0.15) is 42.3 Å². The van der Waals surface area contributed by atoms with Crippen LogP contribution in [0.15, 0.2) is 66.3 Å². The Labute approximate surface area is 483 Å². The second kappa shape index (κ2) is 34.8. The van der Waals surface area contributed by atoms with Gasteiger partial charge in [0, 0.05) is 67.9 Å². The van der Waals surface area contributed by atoms with Crippen molar-refractivity contribution < 1.29 is 57.7 Å². The Bertz CT molecular complexity index is 2340. The van der Waals surface area contributed by atoms with Crippen LogP contribution in [0.3, 0.4) is 0 Å². The summed E-state index contributed by atoms with van der Waals surface area (Å²) >= 11 is 0. The fraction of sp³-hybridized carbons (Fsp3) is 0.656. The van der Waals surface area contributed by atoms with Crippen LogP contribution >= 0.6 is 0 Å². The molecule has 0 aliphatic carbocycles. The zero-order valence-corrected chi connectivity index (χ0v) is 51.6. The number of likely N-dealkylation sites (tertiary alicyclic amines) is 1. The minimum absolute atomic E-state index is 0.0181. The number of esters is 1. The molecule has 8 amide bonds. The molecule has 20 nitrogen and oxygen atoms in total. The number of aliphatic hydroxyl groups is 1. The van der Waals surface area contributed by atoms with Crippen molar-refractivity contribution in [2.45, 2.75) is 181 Å². The summed E-state index contributed by atoms with van der Waals surface area (Å²) in [5, 5.41) is 14.8. The molecule has 0 saturated carbocycles. The van der Waals surface area contributed by atoms with Crippen LogP contribution in [0.25, 0.3) is 0 Å². The fourth-order valence-corrected chi connectivity index (χ4v) is 10.0. The third kappa shape index (κ3) is 20.8. The summed E-state index contributed by atoms with van der Waals surface area (Å²) in [7, 11) is 11.5. The number of carbonyl (C=O) groups excluding carboxylic acids is 9. The van der Waals surface area contributed by atoms with Crippen LogP contribution < -0.4 is 10.6 Å². The number of nitrogens with zero attached hydrogens (tertiary/aromatic N) is 6. The summed E-state index contributed by atoms with van der Waals surface area (Å²) in [6.07, 6.45) is 14.6. The molecule has 2 rings (SSSR count). The molecule has 1 aromatic carbocycles. The number of allylic oxidation sites excluding steroid dienone is 4. The van der Waals surface area contributed by atoms with Crippen LogP contribution in [0, 0.1) is 17.8 Å². The van der Waals surface area contributed by atoms with Crippen LogP contribution in [-0.4, -0.2) is 205 Å². The van der Waals surface area contributed by atoms with E-state index in [4.69, 9.17) is 9.47 Å². The summed E-state index contributed by atoms with van der Waals surface area (Å²) < 4.78 is 10.5. The maximum atomic E-state index is 15.1. The van der Waals surface area contributed by atoms with Gasteiger partial charge in [-0.1, -0.05) is 102 Å². The molecule has 3 N–H and O–H groups in total. The van der Waals surface area contributed by atoms with Gasteiger partial charge in [-0.3, -0.25) is 38.4 Å². The maximum Gasteiger partial charge on any atom is 0.328 e. The number of unbranched alkanes of at least 4 members (excludes halogenated alkanes) is 1. The lowest BCUT2D eigenvalue weighted by Gasteiger charge is -2.41. The topological polar surface area (TPSA) is 236 Å². The molecule has 0 spiro atoms. The first-order valence-electron chi connectivity index (χ1n) is 28.6. The summed E-state index contributed by atoms with van der Waals surface area (Å²) in [5.41, 5.74) is 1.12. The van der Waals surface area contributed by atoms with Crippen molar-refractivity contribution in [1.29, 1.82) is 0 Å². The first-order valence-corrected chi connectivity index (χ1v) is 28.6. The van der Waals surface area contributed by atoms with E-state index in [9.17, 15) is 38.7 Å².